The molecule has 0 fully saturated rings. The minimum atomic E-state index is -5.08. The second-order valence-electron chi connectivity index (χ2n) is 6.98. The fourth-order valence-electron chi connectivity index (χ4n) is 3.11. The number of alkyl halides is 6. The van der Waals surface area contributed by atoms with Crippen LogP contribution in [0.1, 0.15) is 23.6 Å². The Bertz CT molecular complexity index is 1370. The standard InChI is InChI=1S/C19H13F3N6.C2HF3O2/c20-19(21,22)14-3-1-2-12(8-14)16(4-6-23)28-10-13(9-27-28)17-15-5-7-24-18(15)26-11-25-17;3-2(4,5)1(6)7/h1-3,5,7-11,16H,4H2,(H,24,25,26);(H,6,7). The van der Waals surface area contributed by atoms with E-state index in [4.69, 9.17) is 9.90 Å². The van der Waals surface area contributed by atoms with Crippen molar-refractivity contribution in [3.8, 4) is 17.3 Å². The molecule has 0 saturated heterocycles. The number of nitriles is 1. The lowest BCUT2D eigenvalue weighted by atomic mass is 10.0. The van der Waals surface area contributed by atoms with Crippen LogP contribution in [0.2, 0.25) is 0 Å². The summed E-state index contributed by atoms with van der Waals surface area (Å²) in [6.07, 6.45) is -3.14. The first-order valence-electron chi connectivity index (χ1n) is 9.58. The van der Waals surface area contributed by atoms with Crippen LogP contribution in [0.25, 0.3) is 22.3 Å². The monoisotopic (exact) mass is 496 g/mol. The molecule has 0 aliphatic carbocycles. The van der Waals surface area contributed by atoms with Crippen molar-refractivity contribution in [3.63, 3.8) is 0 Å². The number of rotatable bonds is 4. The number of halogens is 6. The quantitative estimate of drug-likeness (QED) is 0.385. The summed E-state index contributed by atoms with van der Waals surface area (Å²) in [6.45, 7) is 0. The predicted octanol–water partition coefficient (Wildman–Crippen LogP) is 4.98. The van der Waals surface area contributed by atoms with Crippen LogP contribution >= 0.6 is 0 Å². The zero-order chi connectivity index (χ0) is 25.8. The number of aliphatic carboxylic acids is 1. The van der Waals surface area contributed by atoms with E-state index in [0.717, 1.165) is 17.5 Å². The minimum Gasteiger partial charge on any atom is -0.475 e. The zero-order valence-electron chi connectivity index (χ0n) is 17.3. The highest BCUT2D eigenvalue weighted by Gasteiger charge is 2.38. The van der Waals surface area contributed by atoms with E-state index < -0.39 is 29.9 Å². The summed E-state index contributed by atoms with van der Waals surface area (Å²) >= 11 is 0. The molecule has 35 heavy (non-hydrogen) atoms. The molecule has 0 bridgehead atoms. The number of aromatic amines is 1. The van der Waals surface area contributed by atoms with Crippen LogP contribution in [0.4, 0.5) is 26.3 Å². The summed E-state index contributed by atoms with van der Waals surface area (Å²) in [5.41, 5.74) is 1.61. The van der Waals surface area contributed by atoms with Crippen molar-refractivity contribution in [3.05, 3.63) is 66.4 Å². The summed E-state index contributed by atoms with van der Waals surface area (Å²) in [5.74, 6) is -2.76. The van der Waals surface area contributed by atoms with Gasteiger partial charge in [-0.3, -0.25) is 4.68 Å². The van der Waals surface area contributed by atoms with Gasteiger partial charge in [0.25, 0.3) is 0 Å². The van der Waals surface area contributed by atoms with Gasteiger partial charge >= 0.3 is 18.3 Å². The third kappa shape index (κ3) is 5.94. The molecule has 1 aromatic carbocycles. The van der Waals surface area contributed by atoms with E-state index in [1.165, 1.54) is 17.1 Å². The molecule has 4 rings (SSSR count). The van der Waals surface area contributed by atoms with Crippen LogP contribution in [-0.2, 0) is 11.0 Å². The molecule has 3 heterocycles. The van der Waals surface area contributed by atoms with E-state index in [0.29, 0.717) is 22.5 Å². The van der Waals surface area contributed by atoms with Gasteiger partial charge in [-0.2, -0.15) is 36.7 Å². The van der Waals surface area contributed by atoms with Crippen molar-refractivity contribution in [2.24, 2.45) is 0 Å². The molecule has 1 unspecified atom stereocenters. The third-order valence-corrected chi connectivity index (χ3v) is 4.67. The Morgan fingerprint density at radius 3 is 2.51 bits per heavy atom. The Labute approximate surface area is 192 Å². The minimum absolute atomic E-state index is 0.0221. The van der Waals surface area contributed by atoms with E-state index in [-0.39, 0.29) is 6.42 Å². The number of nitrogens with one attached hydrogen (secondary N) is 1. The molecule has 0 radical (unpaired) electrons. The van der Waals surface area contributed by atoms with E-state index in [1.807, 2.05) is 12.1 Å². The normalized spacial score (nSPS) is 12.5. The summed E-state index contributed by atoms with van der Waals surface area (Å²) in [7, 11) is 0. The van der Waals surface area contributed by atoms with Crippen LogP contribution in [-0.4, -0.2) is 42.0 Å². The maximum atomic E-state index is 13.1. The second-order valence-corrected chi connectivity index (χ2v) is 6.98. The molecule has 3 aromatic heterocycles. The van der Waals surface area contributed by atoms with Crippen molar-refractivity contribution < 1.29 is 36.2 Å². The number of carbonyl (C=O) groups is 1. The molecule has 8 nitrogen and oxygen atoms in total. The molecule has 2 N–H and O–H groups in total. The highest BCUT2D eigenvalue weighted by Crippen LogP contribution is 2.33. The average Bonchev–Trinajstić information content (AvgIpc) is 3.46. The first-order valence-corrected chi connectivity index (χ1v) is 9.58. The number of fused-ring (bicyclic) bond motifs is 1. The van der Waals surface area contributed by atoms with Gasteiger partial charge in [-0.15, -0.1) is 0 Å². The molecular formula is C21H14F6N6O2. The van der Waals surface area contributed by atoms with E-state index in [1.54, 1.807) is 24.7 Å². The highest BCUT2D eigenvalue weighted by atomic mass is 19.4. The van der Waals surface area contributed by atoms with Crippen LogP contribution in [0.3, 0.4) is 0 Å². The fraction of sp³-hybridized carbons (Fsp3) is 0.190. The number of hydrogen-bond acceptors (Lipinski definition) is 5. The van der Waals surface area contributed by atoms with E-state index >= 15 is 0 Å². The first kappa shape index (κ1) is 25.2. The van der Waals surface area contributed by atoms with Crippen LogP contribution in [0.15, 0.2) is 55.2 Å². The van der Waals surface area contributed by atoms with Gasteiger partial charge in [0.05, 0.1) is 36.0 Å². The van der Waals surface area contributed by atoms with E-state index in [9.17, 15) is 31.6 Å². The van der Waals surface area contributed by atoms with Gasteiger partial charge in [0.2, 0.25) is 0 Å². The van der Waals surface area contributed by atoms with Crippen molar-refractivity contribution >= 4 is 17.0 Å². The van der Waals surface area contributed by atoms with Crippen molar-refractivity contribution in [1.29, 1.82) is 5.26 Å². The summed E-state index contributed by atoms with van der Waals surface area (Å²) in [6, 6.07) is 8.17. The van der Waals surface area contributed by atoms with Crippen LogP contribution in [0, 0.1) is 11.3 Å². The van der Waals surface area contributed by atoms with Gasteiger partial charge in [-0.25, -0.2) is 14.8 Å². The molecule has 1 atom stereocenters. The molecule has 182 valence electrons. The van der Waals surface area contributed by atoms with Gasteiger partial charge in [0, 0.05) is 23.3 Å². The molecule has 4 aromatic rings. The lowest BCUT2D eigenvalue weighted by Gasteiger charge is -2.17. The first-order chi connectivity index (χ1) is 16.4. The lowest BCUT2D eigenvalue weighted by molar-refractivity contribution is -0.192. The number of carboxylic acid groups (broad SMARTS) is 1. The number of hydrogen-bond donors (Lipinski definition) is 2. The second kappa shape index (κ2) is 9.84. The highest BCUT2D eigenvalue weighted by molar-refractivity contribution is 5.90. The molecule has 0 spiro atoms. The number of nitrogens with zero attached hydrogens (tertiary/aromatic N) is 5. The number of benzene rings is 1. The molecule has 0 aliphatic heterocycles. The van der Waals surface area contributed by atoms with E-state index in [2.05, 4.69) is 20.1 Å². The zero-order valence-corrected chi connectivity index (χ0v) is 17.3. The van der Waals surface area contributed by atoms with Gasteiger partial charge in [-0.05, 0) is 23.8 Å². The largest absolute Gasteiger partial charge is 0.490 e. The van der Waals surface area contributed by atoms with Crippen molar-refractivity contribution in [2.45, 2.75) is 24.8 Å². The predicted molar refractivity (Wildman–Crippen MR) is 109 cm³/mol. The smallest absolute Gasteiger partial charge is 0.475 e. The average molecular weight is 496 g/mol. The molecule has 0 amide bonds. The van der Waals surface area contributed by atoms with Gasteiger partial charge in [0.15, 0.2) is 0 Å². The Kier molecular flexibility index (Phi) is 7.09. The fourth-order valence-corrected chi connectivity index (χ4v) is 3.11. The summed E-state index contributed by atoms with van der Waals surface area (Å²) in [5, 5.41) is 21.4. The van der Waals surface area contributed by atoms with Crippen molar-refractivity contribution in [2.75, 3.05) is 0 Å². The molecule has 14 heteroatoms. The van der Waals surface area contributed by atoms with Gasteiger partial charge in [-0.1, -0.05) is 12.1 Å². The Morgan fingerprint density at radius 2 is 1.89 bits per heavy atom. The third-order valence-electron chi connectivity index (χ3n) is 4.67. The van der Waals surface area contributed by atoms with Crippen molar-refractivity contribution in [1.82, 2.24) is 24.7 Å². The number of H-pyrrole nitrogens is 1. The summed E-state index contributed by atoms with van der Waals surface area (Å²) < 4.78 is 72.4. The number of aromatic nitrogens is 5. The maximum absolute atomic E-state index is 13.1. The topological polar surface area (TPSA) is 120 Å². The van der Waals surface area contributed by atoms with Gasteiger partial charge in [0.1, 0.15) is 12.0 Å². The van der Waals surface area contributed by atoms with Crippen LogP contribution < -0.4 is 0 Å². The number of carboxylic acids is 1. The molecule has 0 aliphatic rings. The summed E-state index contributed by atoms with van der Waals surface area (Å²) in [4.78, 5) is 20.3. The Balaban J connectivity index is 0.000000429. The molecular weight excluding hydrogens is 482 g/mol. The Morgan fingerprint density at radius 1 is 1.17 bits per heavy atom. The lowest BCUT2D eigenvalue weighted by Crippen LogP contribution is -2.21. The Hall–Kier alpha value is -4.41. The van der Waals surface area contributed by atoms with Gasteiger partial charge < -0.3 is 10.1 Å². The SMILES string of the molecule is N#CCC(c1cccc(C(F)(F)F)c1)n1cc(-c2ncnc3[nH]ccc23)cn1.O=C(O)C(F)(F)F. The maximum Gasteiger partial charge on any atom is 0.490 e. The molecule has 0 saturated carbocycles. The van der Waals surface area contributed by atoms with Crippen LogP contribution in [0.5, 0.6) is 0 Å².